The topological polar surface area (TPSA) is 37.8 Å². The molecule has 0 amide bonds. The van der Waals surface area contributed by atoms with Crippen molar-refractivity contribution in [2.75, 3.05) is 5.32 Å². The van der Waals surface area contributed by atoms with Crippen LogP contribution in [-0.2, 0) is 6.18 Å². The van der Waals surface area contributed by atoms with Gasteiger partial charge in [0, 0.05) is 11.1 Å². The minimum absolute atomic E-state index is 0.0221. The summed E-state index contributed by atoms with van der Waals surface area (Å²) in [6.07, 6.45) is -4.67. The number of aromatic nitrogens is 2. The predicted molar refractivity (Wildman–Crippen MR) is 79.0 cm³/mol. The molecule has 1 aromatic heterocycles. The van der Waals surface area contributed by atoms with Gasteiger partial charge in [-0.25, -0.2) is 14.4 Å². The van der Waals surface area contributed by atoms with E-state index in [0.29, 0.717) is 16.6 Å². The number of aryl methyl sites for hydroxylation is 1. The minimum atomic E-state index is -4.67. The molecule has 0 radical (unpaired) electrons. The molecule has 0 aliphatic carbocycles. The molecule has 1 N–H and O–H groups in total. The summed E-state index contributed by atoms with van der Waals surface area (Å²) in [6, 6.07) is 10.6. The van der Waals surface area contributed by atoms with Crippen molar-refractivity contribution in [3.8, 4) is 0 Å². The summed E-state index contributed by atoms with van der Waals surface area (Å²) in [5, 5.41) is 3.15. The minimum Gasteiger partial charge on any atom is -0.340 e. The summed E-state index contributed by atoms with van der Waals surface area (Å²) in [6.45, 7) is 1.60. The quantitative estimate of drug-likeness (QED) is 0.686. The number of nitrogens with zero attached hydrogens (tertiary/aromatic N) is 2. The second-order valence-corrected chi connectivity index (χ2v) is 5.00. The molecule has 0 saturated heterocycles. The normalized spacial score (nSPS) is 11.7. The lowest BCUT2D eigenvalue weighted by molar-refractivity contribution is -0.144. The molecular formula is C16H11F4N3. The number of benzene rings is 2. The maximum absolute atomic E-state index is 13.6. The van der Waals surface area contributed by atoms with Crippen molar-refractivity contribution in [1.82, 2.24) is 9.97 Å². The van der Waals surface area contributed by atoms with Crippen LogP contribution in [0.25, 0.3) is 10.9 Å². The summed E-state index contributed by atoms with van der Waals surface area (Å²) in [7, 11) is 0. The Balaban J connectivity index is 2.13. The van der Waals surface area contributed by atoms with Crippen molar-refractivity contribution in [1.29, 1.82) is 0 Å². The lowest BCUT2D eigenvalue weighted by Crippen LogP contribution is -2.12. The van der Waals surface area contributed by atoms with Gasteiger partial charge in [-0.2, -0.15) is 13.2 Å². The zero-order chi connectivity index (χ0) is 16.6. The Labute approximate surface area is 129 Å². The number of rotatable bonds is 2. The van der Waals surface area contributed by atoms with Gasteiger partial charge in [0.1, 0.15) is 11.6 Å². The maximum Gasteiger partial charge on any atom is 0.451 e. The van der Waals surface area contributed by atoms with Crippen LogP contribution < -0.4 is 5.32 Å². The molecule has 0 spiro atoms. The molecule has 0 aliphatic heterocycles. The zero-order valence-corrected chi connectivity index (χ0v) is 11.9. The highest BCUT2D eigenvalue weighted by molar-refractivity contribution is 5.90. The van der Waals surface area contributed by atoms with Crippen molar-refractivity contribution in [2.45, 2.75) is 13.1 Å². The van der Waals surface area contributed by atoms with Crippen LogP contribution in [0.4, 0.5) is 29.1 Å². The smallest absolute Gasteiger partial charge is 0.340 e. The van der Waals surface area contributed by atoms with E-state index in [0.717, 1.165) is 0 Å². The van der Waals surface area contributed by atoms with E-state index in [1.54, 1.807) is 31.2 Å². The first-order chi connectivity index (χ1) is 10.8. The van der Waals surface area contributed by atoms with Gasteiger partial charge in [0.25, 0.3) is 0 Å². The van der Waals surface area contributed by atoms with E-state index in [9.17, 15) is 17.6 Å². The van der Waals surface area contributed by atoms with E-state index in [2.05, 4.69) is 15.3 Å². The van der Waals surface area contributed by atoms with Crippen LogP contribution in [-0.4, -0.2) is 9.97 Å². The van der Waals surface area contributed by atoms with Crippen LogP contribution >= 0.6 is 0 Å². The molecule has 0 saturated carbocycles. The van der Waals surface area contributed by atoms with Crippen molar-refractivity contribution in [3.63, 3.8) is 0 Å². The highest BCUT2D eigenvalue weighted by Gasteiger charge is 2.35. The number of nitrogens with one attached hydrogen (secondary N) is 1. The third-order valence-electron chi connectivity index (χ3n) is 3.29. The van der Waals surface area contributed by atoms with E-state index >= 15 is 0 Å². The van der Waals surface area contributed by atoms with Crippen molar-refractivity contribution >= 4 is 22.4 Å². The largest absolute Gasteiger partial charge is 0.451 e. The van der Waals surface area contributed by atoms with Crippen LogP contribution in [0.2, 0.25) is 0 Å². The number of fused-ring (bicyclic) bond motifs is 1. The molecule has 0 fully saturated rings. The molecule has 0 aliphatic rings. The Kier molecular flexibility index (Phi) is 3.63. The predicted octanol–water partition coefficient (Wildman–Crippen LogP) is 4.84. The first kappa shape index (κ1) is 15.2. The third-order valence-corrected chi connectivity index (χ3v) is 3.29. The van der Waals surface area contributed by atoms with E-state index in [1.807, 2.05) is 0 Å². The Morgan fingerprint density at radius 2 is 1.74 bits per heavy atom. The number of alkyl halides is 3. The van der Waals surface area contributed by atoms with Gasteiger partial charge in [-0.15, -0.1) is 0 Å². The van der Waals surface area contributed by atoms with Gasteiger partial charge in [-0.05, 0) is 36.8 Å². The Morgan fingerprint density at radius 3 is 2.43 bits per heavy atom. The van der Waals surface area contributed by atoms with E-state index in [-0.39, 0.29) is 11.3 Å². The summed E-state index contributed by atoms with van der Waals surface area (Å²) < 4.78 is 52.4. The molecule has 3 aromatic rings. The highest BCUT2D eigenvalue weighted by atomic mass is 19.4. The van der Waals surface area contributed by atoms with Gasteiger partial charge in [0.15, 0.2) is 0 Å². The monoisotopic (exact) mass is 321 g/mol. The van der Waals surface area contributed by atoms with Gasteiger partial charge in [-0.3, -0.25) is 0 Å². The summed E-state index contributed by atoms with van der Waals surface area (Å²) in [4.78, 5) is 7.08. The molecule has 0 atom stereocenters. The second kappa shape index (κ2) is 5.49. The Bertz CT molecular complexity index is 875. The Hall–Kier alpha value is -2.70. The summed E-state index contributed by atoms with van der Waals surface area (Å²) in [5.41, 5.74) is 0.911. The SMILES string of the molecule is Cc1ccc(Nc2nc(C(F)(F)F)nc3ccccc23)cc1F. The Morgan fingerprint density at radius 1 is 1.00 bits per heavy atom. The lowest BCUT2D eigenvalue weighted by Gasteiger charge is -2.12. The van der Waals surface area contributed by atoms with Gasteiger partial charge in [0.05, 0.1) is 5.52 Å². The van der Waals surface area contributed by atoms with Crippen LogP contribution in [0.1, 0.15) is 11.4 Å². The molecule has 1 heterocycles. The number of halogens is 4. The molecule has 3 rings (SSSR count). The molecule has 7 heteroatoms. The average molecular weight is 321 g/mol. The standard InChI is InChI=1S/C16H11F4N3/c1-9-6-7-10(8-12(9)17)21-14-11-4-2-3-5-13(11)22-15(23-14)16(18,19)20/h2-8H,1H3,(H,21,22,23). The number of hydrogen-bond acceptors (Lipinski definition) is 3. The fraction of sp³-hybridized carbons (Fsp3) is 0.125. The molecule has 0 unspecified atom stereocenters. The van der Waals surface area contributed by atoms with Crippen LogP contribution in [0.15, 0.2) is 42.5 Å². The van der Waals surface area contributed by atoms with E-state index < -0.39 is 17.8 Å². The van der Waals surface area contributed by atoms with Crippen molar-refractivity contribution in [2.24, 2.45) is 0 Å². The van der Waals surface area contributed by atoms with Crippen molar-refractivity contribution in [3.05, 3.63) is 59.7 Å². The maximum atomic E-state index is 13.6. The number of hydrogen-bond donors (Lipinski definition) is 1. The molecule has 2 aromatic carbocycles. The molecule has 23 heavy (non-hydrogen) atoms. The van der Waals surface area contributed by atoms with Gasteiger partial charge in [0.2, 0.25) is 5.82 Å². The van der Waals surface area contributed by atoms with Crippen LogP contribution in [0, 0.1) is 12.7 Å². The first-order valence-electron chi connectivity index (χ1n) is 6.72. The zero-order valence-electron chi connectivity index (χ0n) is 11.9. The van der Waals surface area contributed by atoms with Gasteiger partial charge >= 0.3 is 6.18 Å². The lowest BCUT2D eigenvalue weighted by atomic mass is 10.2. The van der Waals surface area contributed by atoms with Crippen molar-refractivity contribution < 1.29 is 17.6 Å². The van der Waals surface area contributed by atoms with Gasteiger partial charge in [-0.1, -0.05) is 18.2 Å². The second-order valence-electron chi connectivity index (χ2n) is 5.00. The fourth-order valence-electron chi connectivity index (χ4n) is 2.11. The summed E-state index contributed by atoms with van der Waals surface area (Å²) in [5.74, 6) is -1.72. The molecule has 118 valence electrons. The molecule has 0 bridgehead atoms. The van der Waals surface area contributed by atoms with Crippen LogP contribution in [0.3, 0.4) is 0 Å². The van der Waals surface area contributed by atoms with Gasteiger partial charge < -0.3 is 5.32 Å². The molecule has 3 nitrogen and oxygen atoms in total. The van der Waals surface area contributed by atoms with Crippen LogP contribution in [0.5, 0.6) is 0 Å². The third kappa shape index (κ3) is 3.08. The number of anilines is 2. The highest BCUT2D eigenvalue weighted by Crippen LogP contribution is 2.31. The number of para-hydroxylation sites is 1. The summed E-state index contributed by atoms with van der Waals surface area (Å²) >= 11 is 0. The fourth-order valence-corrected chi connectivity index (χ4v) is 2.11. The van der Waals surface area contributed by atoms with E-state index in [4.69, 9.17) is 0 Å². The molecular weight excluding hydrogens is 310 g/mol. The average Bonchev–Trinajstić information content (AvgIpc) is 2.50. The van der Waals surface area contributed by atoms with E-state index in [1.165, 1.54) is 18.2 Å². The first-order valence-corrected chi connectivity index (χ1v) is 6.72.